The van der Waals surface area contributed by atoms with Crippen molar-refractivity contribution in [2.24, 2.45) is 0 Å². The number of unbranched alkanes of at least 4 members (excludes halogenated alkanes) is 7. The average molecular weight is 252 g/mol. The highest BCUT2D eigenvalue weighted by Gasteiger charge is 1.89. The van der Waals surface area contributed by atoms with Gasteiger partial charge in [-0.2, -0.15) is 0 Å². The van der Waals surface area contributed by atoms with Gasteiger partial charge in [0.15, 0.2) is 0 Å². The van der Waals surface area contributed by atoms with E-state index in [0.717, 1.165) is 6.54 Å². The Morgan fingerprint density at radius 3 is 2.00 bits per heavy atom. The van der Waals surface area contributed by atoms with Crippen LogP contribution in [0.3, 0.4) is 0 Å². The minimum absolute atomic E-state index is 0.178. The third kappa shape index (κ3) is 13.0. The third-order valence-corrected chi connectivity index (χ3v) is 2.74. The molecule has 3 heteroatoms. The van der Waals surface area contributed by atoms with Gasteiger partial charge >= 0.3 is 0 Å². The van der Waals surface area contributed by atoms with Crippen LogP contribution in [-0.2, 0) is 0 Å². The maximum Gasteiger partial charge on any atom is 0.0739 e. The van der Waals surface area contributed by atoms with Gasteiger partial charge < -0.3 is 10.8 Å². The summed E-state index contributed by atoms with van der Waals surface area (Å²) in [5.74, 6) is -0.178. The lowest BCUT2D eigenvalue weighted by atomic mass is 10.1. The molecule has 0 bridgehead atoms. The molecule has 1 aromatic rings. The van der Waals surface area contributed by atoms with Crippen molar-refractivity contribution >= 4 is 0 Å². The van der Waals surface area contributed by atoms with Gasteiger partial charge in [0.25, 0.3) is 0 Å². The Labute approximate surface area is 111 Å². The molecule has 0 aliphatic rings. The van der Waals surface area contributed by atoms with Crippen molar-refractivity contribution in [3.63, 3.8) is 0 Å². The molecule has 0 radical (unpaired) electrons. The zero-order valence-corrected chi connectivity index (χ0v) is 11.7. The van der Waals surface area contributed by atoms with E-state index >= 15 is 0 Å². The fraction of sp³-hybridized carbons (Fsp3) is 0.667. The van der Waals surface area contributed by atoms with Gasteiger partial charge in [-0.3, -0.25) is 4.98 Å². The summed E-state index contributed by atoms with van der Waals surface area (Å²) in [6.45, 7) is 3.39. The predicted octanol–water partition coefficient (Wildman–Crippen LogP) is 2.52. The second-order valence-corrected chi connectivity index (χ2v) is 4.50. The second-order valence-electron chi connectivity index (χ2n) is 4.50. The molecule has 0 saturated carbocycles. The Morgan fingerprint density at radius 2 is 1.61 bits per heavy atom. The lowest BCUT2D eigenvalue weighted by Gasteiger charge is -1.98. The molecule has 0 aliphatic carbocycles. The monoisotopic (exact) mass is 252 g/mol. The van der Waals surface area contributed by atoms with E-state index in [-0.39, 0.29) is 5.88 Å². The van der Waals surface area contributed by atoms with Crippen LogP contribution in [0, 0.1) is 0 Å². The van der Waals surface area contributed by atoms with E-state index in [1.807, 2.05) is 0 Å². The van der Waals surface area contributed by atoms with Crippen molar-refractivity contribution in [3.8, 4) is 5.88 Å². The molecule has 104 valence electrons. The Bertz CT molecular complexity index is 244. The molecular formula is C15H28N2O. The predicted molar refractivity (Wildman–Crippen MR) is 74.0 cm³/mol. The Morgan fingerprint density at radius 1 is 1.00 bits per heavy atom. The van der Waals surface area contributed by atoms with Gasteiger partial charge in [-0.15, -0.1) is 0 Å². The van der Waals surface area contributed by atoms with Gasteiger partial charge in [-0.25, -0.2) is 0 Å². The number of quaternary nitrogens is 1. The summed E-state index contributed by atoms with van der Waals surface area (Å²) in [4.78, 5) is 3.42. The average Bonchev–Trinajstić information content (AvgIpc) is 2.39. The molecule has 0 unspecified atom stereocenters. The van der Waals surface area contributed by atoms with Crippen LogP contribution in [0.25, 0.3) is 0 Å². The van der Waals surface area contributed by atoms with Gasteiger partial charge in [0, 0.05) is 6.20 Å². The molecule has 3 N–H and O–H groups in total. The Kier molecular flexibility index (Phi) is 13.1. The molecule has 0 amide bonds. The summed E-state index contributed by atoms with van der Waals surface area (Å²) < 4.78 is 0. The molecule has 1 heterocycles. The minimum Gasteiger partial charge on any atom is -0.859 e. The van der Waals surface area contributed by atoms with Gasteiger partial charge in [0.05, 0.1) is 6.54 Å². The molecule has 0 atom stereocenters. The van der Waals surface area contributed by atoms with E-state index < -0.39 is 0 Å². The van der Waals surface area contributed by atoms with Crippen LogP contribution in [0.4, 0.5) is 0 Å². The first-order valence-corrected chi connectivity index (χ1v) is 7.18. The minimum atomic E-state index is -0.178. The van der Waals surface area contributed by atoms with E-state index in [1.54, 1.807) is 12.1 Å². The van der Waals surface area contributed by atoms with E-state index in [9.17, 15) is 5.11 Å². The molecule has 18 heavy (non-hydrogen) atoms. The smallest absolute Gasteiger partial charge is 0.0739 e. The van der Waals surface area contributed by atoms with E-state index in [2.05, 4.69) is 17.6 Å². The number of nitrogens with zero attached hydrogens (tertiary/aromatic N) is 1. The molecule has 3 nitrogen and oxygen atoms in total. The standard InChI is InChI=1S/C10H23N.C5H5NO/c1-2-3-4-5-6-7-8-9-10-11;7-5-3-1-2-4-6-5/h2-11H2,1H3;1-4H,(H,6,7). The highest BCUT2D eigenvalue weighted by Crippen LogP contribution is 2.07. The number of rotatable bonds is 8. The highest BCUT2D eigenvalue weighted by atomic mass is 16.3. The zero-order chi connectivity index (χ0) is 13.5. The molecule has 0 aromatic carbocycles. The van der Waals surface area contributed by atoms with Crippen molar-refractivity contribution < 1.29 is 10.8 Å². The third-order valence-electron chi connectivity index (χ3n) is 2.74. The molecule has 1 rings (SSSR count). The Hall–Kier alpha value is -1.09. The summed E-state index contributed by atoms with van der Waals surface area (Å²) in [5.41, 5.74) is 3.83. The second kappa shape index (κ2) is 14.0. The zero-order valence-electron chi connectivity index (χ0n) is 11.7. The van der Waals surface area contributed by atoms with Crippen LogP contribution >= 0.6 is 0 Å². The van der Waals surface area contributed by atoms with Gasteiger partial charge in [0.2, 0.25) is 0 Å². The fourth-order valence-corrected chi connectivity index (χ4v) is 1.66. The van der Waals surface area contributed by atoms with E-state index in [0.29, 0.717) is 0 Å². The summed E-state index contributed by atoms with van der Waals surface area (Å²) >= 11 is 0. The maximum atomic E-state index is 10.2. The highest BCUT2D eigenvalue weighted by molar-refractivity contribution is 5.04. The maximum absolute atomic E-state index is 10.2. The van der Waals surface area contributed by atoms with Crippen molar-refractivity contribution in [2.75, 3.05) is 6.54 Å². The quantitative estimate of drug-likeness (QED) is 0.723. The molecule has 0 spiro atoms. The van der Waals surface area contributed by atoms with Gasteiger partial charge in [-0.1, -0.05) is 57.6 Å². The molecule has 0 saturated heterocycles. The van der Waals surface area contributed by atoms with Crippen LogP contribution in [0.5, 0.6) is 5.88 Å². The Balaban J connectivity index is 0.000000351. The van der Waals surface area contributed by atoms with Crippen LogP contribution in [0.2, 0.25) is 0 Å². The number of pyridine rings is 1. The van der Waals surface area contributed by atoms with Gasteiger partial charge in [-0.05, 0) is 24.8 Å². The lowest BCUT2D eigenvalue weighted by molar-refractivity contribution is -0.368. The van der Waals surface area contributed by atoms with Crippen molar-refractivity contribution in [1.29, 1.82) is 0 Å². The van der Waals surface area contributed by atoms with E-state index in [4.69, 9.17) is 0 Å². The van der Waals surface area contributed by atoms with Gasteiger partial charge in [0.1, 0.15) is 0 Å². The fourth-order valence-electron chi connectivity index (χ4n) is 1.66. The SMILES string of the molecule is CCCCCCCCCC[NH3+].[O-]c1ccccn1. The summed E-state index contributed by atoms with van der Waals surface area (Å²) in [7, 11) is 0. The number of hydrogen-bond donors (Lipinski definition) is 1. The normalized spacial score (nSPS) is 9.67. The van der Waals surface area contributed by atoms with E-state index in [1.165, 1.54) is 63.6 Å². The first-order valence-electron chi connectivity index (χ1n) is 7.18. The van der Waals surface area contributed by atoms with Crippen molar-refractivity contribution in [1.82, 2.24) is 4.98 Å². The molecule has 0 aliphatic heterocycles. The van der Waals surface area contributed by atoms with Crippen LogP contribution < -0.4 is 10.8 Å². The van der Waals surface area contributed by atoms with Crippen molar-refractivity contribution in [3.05, 3.63) is 24.4 Å². The summed E-state index contributed by atoms with van der Waals surface area (Å²) in [6.07, 6.45) is 12.8. The van der Waals surface area contributed by atoms with Crippen LogP contribution in [0.15, 0.2) is 24.4 Å². The van der Waals surface area contributed by atoms with Crippen molar-refractivity contribution in [2.45, 2.75) is 58.3 Å². The number of hydrogen-bond acceptors (Lipinski definition) is 2. The molecule has 0 fully saturated rings. The largest absolute Gasteiger partial charge is 0.859 e. The summed E-state index contributed by atoms with van der Waals surface area (Å²) in [5, 5.41) is 10.2. The molecular weight excluding hydrogens is 224 g/mol. The first kappa shape index (κ1) is 16.9. The topological polar surface area (TPSA) is 63.6 Å². The van der Waals surface area contributed by atoms with Crippen LogP contribution in [0.1, 0.15) is 58.3 Å². The number of aromatic nitrogens is 1. The lowest BCUT2D eigenvalue weighted by Crippen LogP contribution is -2.50. The summed E-state index contributed by atoms with van der Waals surface area (Å²) in [6, 6.07) is 4.79. The molecule has 1 aromatic heterocycles. The first-order chi connectivity index (χ1) is 8.81. The van der Waals surface area contributed by atoms with Crippen LogP contribution in [-0.4, -0.2) is 11.5 Å².